The highest BCUT2D eigenvalue weighted by molar-refractivity contribution is 7.82. The van der Waals surface area contributed by atoms with Gasteiger partial charge in [0.15, 0.2) is 0 Å². The summed E-state index contributed by atoms with van der Waals surface area (Å²) in [7, 11) is 0. The Morgan fingerprint density at radius 3 is 2.25 bits per heavy atom. The molecule has 16 heavy (non-hydrogen) atoms. The van der Waals surface area contributed by atoms with Gasteiger partial charge in [-0.25, -0.2) is 0 Å². The predicted molar refractivity (Wildman–Crippen MR) is 75.3 cm³/mol. The molecule has 0 aliphatic carbocycles. The van der Waals surface area contributed by atoms with Gasteiger partial charge in [-0.2, -0.15) is 12.6 Å². The van der Waals surface area contributed by atoms with E-state index in [1.807, 2.05) is 0 Å². The normalized spacial score (nSPS) is 14.5. The van der Waals surface area contributed by atoms with E-state index >= 15 is 0 Å². The molecular weight excluding hydrogens is 240 g/mol. The molecule has 0 aliphatic heterocycles. The first-order valence-corrected chi connectivity index (χ1v) is 7.17. The smallest absolute Gasteiger partial charge is 0.319 e. The monoisotopic (exact) mass is 264 g/mol. The number of unbranched alkanes of at least 4 members (excludes halogenated alkanes) is 5. The summed E-state index contributed by atoms with van der Waals surface area (Å²) < 4.78 is 4.96. The zero-order valence-electron chi connectivity index (χ0n) is 10.3. The van der Waals surface area contributed by atoms with Crippen LogP contribution in [0.4, 0.5) is 0 Å². The number of carbonyl (C=O) groups excluding carboxylic acids is 1. The topological polar surface area (TPSA) is 26.3 Å². The highest BCUT2D eigenvalue weighted by atomic mass is 32.1. The Hall–Kier alpha value is 0.170. The summed E-state index contributed by atoms with van der Waals surface area (Å²) >= 11 is 8.24. The van der Waals surface area contributed by atoms with E-state index in [1.165, 1.54) is 32.1 Å². The van der Waals surface area contributed by atoms with E-state index in [4.69, 9.17) is 4.74 Å². The maximum atomic E-state index is 11.4. The number of carbonyl (C=O) groups is 1. The molecule has 0 amide bonds. The molecule has 0 spiro atoms. The van der Waals surface area contributed by atoms with E-state index in [9.17, 15) is 4.79 Å². The molecule has 0 radical (unpaired) electrons. The maximum absolute atomic E-state index is 11.4. The second kappa shape index (κ2) is 10.3. The minimum Gasteiger partial charge on any atom is -0.451 e. The summed E-state index contributed by atoms with van der Waals surface area (Å²) in [4.78, 5) is 11.4. The molecule has 0 saturated carbocycles. The van der Waals surface area contributed by atoms with Crippen LogP contribution in [0.2, 0.25) is 0 Å². The molecule has 0 fully saturated rings. The molecule has 0 saturated heterocycles. The Bertz CT molecular complexity index is 184. The molecule has 0 aromatic heterocycles. The van der Waals surface area contributed by atoms with Crippen LogP contribution in [-0.4, -0.2) is 16.7 Å². The van der Waals surface area contributed by atoms with Crippen LogP contribution in [-0.2, 0) is 9.53 Å². The minimum atomic E-state index is -0.341. The van der Waals surface area contributed by atoms with Crippen LogP contribution in [0.15, 0.2) is 0 Å². The average Bonchev–Trinajstić information content (AvgIpc) is 2.21. The van der Waals surface area contributed by atoms with E-state index in [1.54, 1.807) is 6.92 Å². The van der Waals surface area contributed by atoms with Crippen molar-refractivity contribution in [3.8, 4) is 0 Å². The van der Waals surface area contributed by atoms with Crippen molar-refractivity contribution in [2.24, 2.45) is 0 Å². The third-order valence-electron chi connectivity index (χ3n) is 2.39. The third kappa shape index (κ3) is 9.40. The van der Waals surface area contributed by atoms with Crippen LogP contribution < -0.4 is 0 Å². The summed E-state index contributed by atoms with van der Waals surface area (Å²) in [6, 6.07) is 0. The summed E-state index contributed by atoms with van der Waals surface area (Å²) in [5.74, 6) is -0.251. The molecule has 2 unspecified atom stereocenters. The number of hydrogen-bond donors (Lipinski definition) is 2. The van der Waals surface area contributed by atoms with Crippen LogP contribution in [0.5, 0.6) is 0 Å². The number of hydrogen-bond acceptors (Lipinski definition) is 4. The van der Waals surface area contributed by atoms with E-state index in [-0.39, 0.29) is 16.7 Å². The Morgan fingerprint density at radius 1 is 1.12 bits per heavy atom. The Balaban J connectivity index is 3.42. The van der Waals surface area contributed by atoms with Crippen molar-refractivity contribution in [2.45, 2.75) is 69.5 Å². The van der Waals surface area contributed by atoms with Gasteiger partial charge in [-0.1, -0.05) is 45.4 Å². The number of thiol groups is 2. The highest BCUT2D eigenvalue weighted by Gasteiger charge is 2.16. The quantitative estimate of drug-likeness (QED) is 0.286. The van der Waals surface area contributed by atoms with E-state index < -0.39 is 0 Å². The first-order chi connectivity index (χ1) is 7.57. The van der Waals surface area contributed by atoms with Gasteiger partial charge in [0.25, 0.3) is 0 Å². The lowest BCUT2D eigenvalue weighted by Crippen LogP contribution is -2.20. The van der Waals surface area contributed by atoms with Gasteiger partial charge >= 0.3 is 5.97 Å². The van der Waals surface area contributed by atoms with E-state index in [2.05, 4.69) is 32.2 Å². The molecule has 0 rings (SSSR count). The van der Waals surface area contributed by atoms with Crippen molar-refractivity contribution in [3.05, 3.63) is 0 Å². The minimum absolute atomic E-state index is 0.251. The molecule has 0 aromatic carbocycles. The zero-order valence-corrected chi connectivity index (χ0v) is 12.1. The zero-order chi connectivity index (χ0) is 12.4. The van der Waals surface area contributed by atoms with Crippen molar-refractivity contribution in [2.75, 3.05) is 0 Å². The Labute approximate surface area is 110 Å². The van der Waals surface area contributed by atoms with E-state index in [0.717, 1.165) is 12.8 Å². The highest BCUT2D eigenvalue weighted by Crippen LogP contribution is 2.13. The fourth-order valence-electron chi connectivity index (χ4n) is 1.48. The van der Waals surface area contributed by atoms with E-state index in [0.29, 0.717) is 0 Å². The van der Waals surface area contributed by atoms with Crippen LogP contribution in [0.3, 0.4) is 0 Å². The van der Waals surface area contributed by atoms with Crippen molar-refractivity contribution >= 4 is 31.2 Å². The van der Waals surface area contributed by atoms with Gasteiger partial charge in [0.1, 0.15) is 5.44 Å². The average molecular weight is 264 g/mol. The SMILES string of the molecule is CCCCCCCCC(S)C(=O)OC(C)S. The molecule has 0 N–H and O–H groups in total. The van der Waals surface area contributed by atoms with Gasteiger partial charge < -0.3 is 4.74 Å². The molecule has 2 atom stereocenters. The van der Waals surface area contributed by atoms with Gasteiger partial charge in [-0.05, 0) is 13.3 Å². The molecule has 0 aromatic rings. The van der Waals surface area contributed by atoms with Gasteiger partial charge in [0.2, 0.25) is 0 Å². The lowest BCUT2D eigenvalue weighted by molar-refractivity contribution is -0.143. The maximum Gasteiger partial charge on any atom is 0.319 e. The second-order valence-electron chi connectivity index (χ2n) is 4.11. The summed E-state index contributed by atoms with van der Waals surface area (Å²) in [5, 5.41) is -0.291. The number of ether oxygens (including phenoxy) is 1. The molecule has 2 nitrogen and oxygen atoms in total. The van der Waals surface area contributed by atoms with Gasteiger partial charge in [-0.3, -0.25) is 4.79 Å². The first-order valence-electron chi connectivity index (χ1n) is 6.14. The lowest BCUT2D eigenvalue weighted by atomic mass is 10.1. The molecule has 96 valence electrons. The predicted octanol–water partition coefficient (Wildman–Crippen LogP) is 3.85. The number of esters is 1. The summed E-state index contributed by atoms with van der Waals surface area (Å²) in [6.07, 6.45) is 8.16. The molecule has 0 aliphatic rings. The van der Waals surface area contributed by atoms with Crippen LogP contribution in [0, 0.1) is 0 Å². The molecule has 0 heterocycles. The number of rotatable bonds is 9. The van der Waals surface area contributed by atoms with Crippen molar-refractivity contribution < 1.29 is 9.53 Å². The molecule has 0 bridgehead atoms. The fraction of sp³-hybridized carbons (Fsp3) is 0.917. The largest absolute Gasteiger partial charge is 0.451 e. The second-order valence-corrected chi connectivity index (χ2v) is 5.46. The van der Waals surface area contributed by atoms with Gasteiger partial charge in [0.05, 0.1) is 5.25 Å². The first kappa shape index (κ1) is 16.2. The summed E-state index contributed by atoms with van der Waals surface area (Å²) in [5.41, 5.74) is -0.341. The lowest BCUT2D eigenvalue weighted by Gasteiger charge is -2.12. The van der Waals surface area contributed by atoms with Gasteiger partial charge in [0, 0.05) is 0 Å². The van der Waals surface area contributed by atoms with Crippen molar-refractivity contribution in [1.82, 2.24) is 0 Å². The van der Waals surface area contributed by atoms with Crippen LogP contribution >= 0.6 is 25.3 Å². The standard InChI is InChI=1S/C12H24O2S2/c1-3-4-5-6-7-8-9-11(16)12(13)14-10(2)15/h10-11,15-16H,3-9H2,1-2H3. The van der Waals surface area contributed by atoms with Gasteiger partial charge in [-0.15, -0.1) is 12.6 Å². The fourth-order valence-corrected chi connectivity index (χ4v) is 1.83. The molecule has 4 heteroatoms. The Kier molecular flexibility index (Phi) is 10.4. The van der Waals surface area contributed by atoms with Crippen LogP contribution in [0.25, 0.3) is 0 Å². The van der Waals surface area contributed by atoms with Crippen molar-refractivity contribution in [3.63, 3.8) is 0 Å². The van der Waals surface area contributed by atoms with Crippen molar-refractivity contribution in [1.29, 1.82) is 0 Å². The molecular formula is C12H24O2S2. The Morgan fingerprint density at radius 2 is 1.69 bits per heavy atom. The van der Waals surface area contributed by atoms with Crippen LogP contribution in [0.1, 0.15) is 58.8 Å². The summed E-state index contributed by atoms with van der Waals surface area (Å²) in [6.45, 7) is 3.94. The third-order valence-corrected chi connectivity index (χ3v) is 2.96.